The summed E-state index contributed by atoms with van der Waals surface area (Å²) in [6.45, 7) is 2.11. The zero-order valence-corrected chi connectivity index (χ0v) is 18.2. The molecule has 2 N–H and O–H groups in total. The number of aromatic hydroxyl groups is 1. The third-order valence-electron chi connectivity index (χ3n) is 5.11. The lowest BCUT2D eigenvalue weighted by molar-refractivity contribution is -0.119. The summed E-state index contributed by atoms with van der Waals surface area (Å²) in [5, 5.41) is 12.2. The molecule has 0 unspecified atom stereocenters. The second kappa shape index (κ2) is 9.93. The van der Waals surface area contributed by atoms with Crippen LogP contribution in [0.4, 0.5) is 5.69 Å². The van der Waals surface area contributed by atoms with Gasteiger partial charge < -0.3 is 15.2 Å². The zero-order chi connectivity index (χ0) is 22.4. The molecule has 0 spiro atoms. The predicted octanol–water partition coefficient (Wildman–Crippen LogP) is 3.06. The van der Waals surface area contributed by atoms with Crippen molar-refractivity contribution in [1.82, 2.24) is 4.31 Å². The highest BCUT2D eigenvalue weighted by Gasteiger charge is 2.27. The Labute approximate surface area is 181 Å². The molecule has 1 saturated heterocycles. The van der Waals surface area contributed by atoms with Crippen molar-refractivity contribution in [2.45, 2.75) is 37.5 Å². The third kappa shape index (κ3) is 5.62. The zero-order valence-electron chi connectivity index (χ0n) is 17.3. The molecule has 0 aromatic heterocycles. The fraction of sp³-hybridized carbons (Fsp3) is 0.364. The van der Waals surface area contributed by atoms with E-state index in [0.717, 1.165) is 25.7 Å². The maximum Gasteiger partial charge on any atom is 0.342 e. The molecule has 0 atom stereocenters. The topological polar surface area (TPSA) is 113 Å². The molecule has 1 aliphatic heterocycles. The predicted molar refractivity (Wildman–Crippen MR) is 115 cm³/mol. The van der Waals surface area contributed by atoms with Gasteiger partial charge in [0.25, 0.3) is 5.91 Å². The number of nitrogens with zero attached hydrogens (tertiary/aromatic N) is 1. The molecule has 31 heavy (non-hydrogen) atoms. The molecule has 1 heterocycles. The smallest absolute Gasteiger partial charge is 0.342 e. The molecule has 0 aliphatic carbocycles. The number of carbonyl (C=O) groups excluding carboxylic acids is 2. The molecular weight excluding hydrogens is 420 g/mol. The number of nitrogens with one attached hydrogen (secondary N) is 1. The van der Waals surface area contributed by atoms with Crippen molar-refractivity contribution in [2.24, 2.45) is 0 Å². The monoisotopic (exact) mass is 446 g/mol. The van der Waals surface area contributed by atoms with E-state index < -0.39 is 28.5 Å². The van der Waals surface area contributed by atoms with Crippen LogP contribution in [0.5, 0.6) is 5.75 Å². The van der Waals surface area contributed by atoms with Crippen LogP contribution in [-0.4, -0.2) is 49.4 Å². The van der Waals surface area contributed by atoms with Gasteiger partial charge in [-0.05, 0) is 49.6 Å². The van der Waals surface area contributed by atoms with Crippen molar-refractivity contribution in [3.8, 4) is 5.75 Å². The van der Waals surface area contributed by atoms with Gasteiger partial charge in [-0.2, -0.15) is 4.31 Å². The summed E-state index contributed by atoms with van der Waals surface area (Å²) in [7, 11) is -3.67. The van der Waals surface area contributed by atoms with Crippen molar-refractivity contribution < 1.29 is 27.9 Å². The number of amides is 1. The molecule has 2 aromatic carbocycles. The molecule has 166 valence electrons. The van der Waals surface area contributed by atoms with E-state index in [1.807, 2.05) is 0 Å². The fourth-order valence-electron chi connectivity index (χ4n) is 3.43. The van der Waals surface area contributed by atoms with Gasteiger partial charge in [0, 0.05) is 18.8 Å². The maximum absolute atomic E-state index is 13.1. The van der Waals surface area contributed by atoms with E-state index in [-0.39, 0.29) is 16.2 Å². The average Bonchev–Trinajstić information content (AvgIpc) is 3.04. The minimum absolute atomic E-state index is 0.0449. The first-order valence-electron chi connectivity index (χ1n) is 10.1. The SMILES string of the molecule is Cc1ccc(NC(=O)COC(=O)c2ccccc2O)cc1S(=O)(=O)N1CCCCCC1. The summed E-state index contributed by atoms with van der Waals surface area (Å²) in [6.07, 6.45) is 3.69. The van der Waals surface area contributed by atoms with E-state index in [0.29, 0.717) is 24.3 Å². The van der Waals surface area contributed by atoms with Gasteiger partial charge in [0.2, 0.25) is 10.0 Å². The molecular formula is C22H26N2O6S. The van der Waals surface area contributed by atoms with Gasteiger partial charge in [-0.1, -0.05) is 31.0 Å². The number of sulfonamides is 1. The number of aryl methyl sites for hydroxylation is 1. The Morgan fingerprint density at radius 2 is 1.74 bits per heavy atom. The lowest BCUT2D eigenvalue weighted by atomic mass is 10.2. The quantitative estimate of drug-likeness (QED) is 0.660. The highest BCUT2D eigenvalue weighted by atomic mass is 32.2. The molecule has 8 nitrogen and oxygen atoms in total. The van der Waals surface area contributed by atoms with E-state index in [4.69, 9.17) is 4.74 Å². The normalized spacial score (nSPS) is 15.1. The van der Waals surface area contributed by atoms with Crippen LogP contribution in [0, 0.1) is 6.92 Å². The molecule has 0 saturated carbocycles. The van der Waals surface area contributed by atoms with Crippen LogP contribution in [0.1, 0.15) is 41.6 Å². The van der Waals surface area contributed by atoms with Gasteiger partial charge >= 0.3 is 5.97 Å². The Balaban J connectivity index is 1.67. The number of carbonyl (C=O) groups is 2. The van der Waals surface area contributed by atoms with Crippen LogP contribution in [0.2, 0.25) is 0 Å². The van der Waals surface area contributed by atoms with Gasteiger partial charge in [0.05, 0.1) is 4.90 Å². The van der Waals surface area contributed by atoms with Crippen molar-refractivity contribution in [3.05, 3.63) is 53.6 Å². The number of hydrogen-bond donors (Lipinski definition) is 2. The third-order valence-corrected chi connectivity index (χ3v) is 7.15. The van der Waals surface area contributed by atoms with E-state index in [1.54, 1.807) is 31.2 Å². The number of benzene rings is 2. The highest BCUT2D eigenvalue weighted by Crippen LogP contribution is 2.26. The Kier molecular flexibility index (Phi) is 7.29. The Morgan fingerprint density at radius 1 is 1.06 bits per heavy atom. The molecule has 2 aromatic rings. The first kappa shape index (κ1) is 22.8. The van der Waals surface area contributed by atoms with Crippen LogP contribution in [0.25, 0.3) is 0 Å². The molecule has 9 heteroatoms. The van der Waals surface area contributed by atoms with Crippen LogP contribution >= 0.6 is 0 Å². The number of hydrogen-bond acceptors (Lipinski definition) is 6. The second-order valence-electron chi connectivity index (χ2n) is 7.44. The van der Waals surface area contributed by atoms with Crippen LogP contribution in [-0.2, 0) is 19.6 Å². The van der Waals surface area contributed by atoms with Crippen molar-refractivity contribution in [2.75, 3.05) is 25.0 Å². The number of esters is 1. The van der Waals surface area contributed by atoms with Crippen molar-refractivity contribution in [3.63, 3.8) is 0 Å². The molecule has 1 amide bonds. The minimum atomic E-state index is -3.67. The summed E-state index contributed by atoms with van der Waals surface area (Å²) in [6, 6.07) is 10.5. The number of ether oxygens (including phenoxy) is 1. The minimum Gasteiger partial charge on any atom is -0.507 e. The molecule has 0 bridgehead atoms. The first-order valence-corrected chi connectivity index (χ1v) is 11.6. The lowest BCUT2D eigenvalue weighted by Gasteiger charge is -2.21. The van der Waals surface area contributed by atoms with Crippen molar-refractivity contribution in [1.29, 1.82) is 0 Å². The van der Waals surface area contributed by atoms with Crippen molar-refractivity contribution >= 4 is 27.6 Å². The van der Waals surface area contributed by atoms with E-state index in [2.05, 4.69) is 5.32 Å². The van der Waals surface area contributed by atoms with E-state index >= 15 is 0 Å². The molecule has 3 rings (SSSR count). The maximum atomic E-state index is 13.1. The Morgan fingerprint density at radius 3 is 2.42 bits per heavy atom. The Hall–Kier alpha value is -2.91. The number of phenols is 1. The number of phenolic OH excluding ortho intramolecular Hbond substituents is 1. The Bertz CT molecular complexity index is 1060. The van der Waals surface area contributed by atoms with Crippen LogP contribution in [0.15, 0.2) is 47.4 Å². The summed E-state index contributed by atoms with van der Waals surface area (Å²) in [4.78, 5) is 24.4. The van der Waals surface area contributed by atoms with Gasteiger partial charge in [-0.25, -0.2) is 13.2 Å². The molecule has 1 aliphatic rings. The lowest BCUT2D eigenvalue weighted by Crippen LogP contribution is -2.32. The molecule has 1 fully saturated rings. The number of anilines is 1. The second-order valence-corrected chi connectivity index (χ2v) is 9.35. The summed E-state index contributed by atoms with van der Waals surface area (Å²) in [5.41, 5.74) is 0.840. The molecule has 0 radical (unpaired) electrons. The van der Waals surface area contributed by atoms with Gasteiger partial charge in [-0.3, -0.25) is 4.79 Å². The fourth-order valence-corrected chi connectivity index (χ4v) is 5.20. The van der Waals surface area contributed by atoms with Gasteiger partial charge in [0.15, 0.2) is 6.61 Å². The number of rotatable bonds is 6. The van der Waals surface area contributed by atoms with Crippen LogP contribution in [0.3, 0.4) is 0 Å². The van der Waals surface area contributed by atoms with E-state index in [1.165, 1.54) is 22.5 Å². The standard InChI is InChI=1S/C22H26N2O6S/c1-16-10-11-17(14-20(16)31(28,29)24-12-6-2-3-7-13-24)23-21(26)15-30-22(27)18-8-4-5-9-19(18)25/h4-5,8-11,14,25H,2-3,6-7,12-13,15H2,1H3,(H,23,26). The van der Waals surface area contributed by atoms with E-state index in [9.17, 15) is 23.1 Å². The summed E-state index contributed by atoms with van der Waals surface area (Å²) < 4.78 is 32.7. The average molecular weight is 447 g/mol. The first-order chi connectivity index (χ1) is 14.8. The summed E-state index contributed by atoms with van der Waals surface area (Å²) in [5.74, 6) is -1.69. The van der Waals surface area contributed by atoms with Gasteiger partial charge in [0.1, 0.15) is 11.3 Å². The number of para-hydroxylation sites is 1. The summed E-state index contributed by atoms with van der Waals surface area (Å²) >= 11 is 0. The largest absolute Gasteiger partial charge is 0.507 e. The van der Waals surface area contributed by atoms with Gasteiger partial charge in [-0.15, -0.1) is 0 Å². The van der Waals surface area contributed by atoms with Crippen LogP contribution < -0.4 is 5.32 Å². The highest BCUT2D eigenvalue weighted by molar-refractivity contribution is 7.89.